The van der Waals surface area contributed by atoms with Crippen LogP contribution in [-0.4, -0.2) is 28.5 Å². The van der Waals surface area contributed by atoms with Crippen LogP contribution in [-0.2, 0) is 10.0 Å². The molecule has 2 aromatic rings. The van der Waals surface area contributed by atoms with Gasteiger partial charge in [0.05, 0.1) is 14.2 Å². The van der Waals surface area contributed by atoms with E-state index < -0.39 is 15.9 Å². The van der Waals surface area contributed by atoms with E-state index in [0.29, 0.717) is 11.4 Å². The second-order valence-corrected chi connectivity index (χ2v) is 6.21. The number of amides is 1. The lowest BCUT2D eigenvalue weighted by Crippen LogP contribution is -2.15. The van der Waals surface area contributed by atoms with Crippen LogP contribution in [0.4, 0.5) is 5.69 Å². The summed E-state index contributed by atoms with van der Waals surface area (Å²) in [6, 6.07) is 10.2. The molecular weight excluding hydrogens is 320 g/mol. The Kier molecular flexibility index (Phi) is 4.75. The van der Waals surface area contributed by atoms with E-state index in [0.717, 1.165) is 0 Å². The number of nitrogens with one attached hydrogen (secondary N) is 1. The Hall–Kier alpha value is -2.74. The fourth-order valence-corrected chi connectivity index (χ4v) is 3.12. The first-order valence-electron chi connectivity index (χ1n) is 6.52. The maximum absolute atomic E-state index is 12.5. The molecule has 8 heteroatoms. The van der Waals surface area contributed by atoms with E-state index in [4.69, 9.17) is 15.2 Å². The van der Waals surface area contributed by atoms with Gasteiger partial charge in [-0.3, -0.25) is 9.52 Å². The van der Waals surface area contributed by atoms with Crippen molar-refractivity contribution in [1.29, 1.82) is 0 Å². The maximum Gasteiger partial charge on any atom is 0.265 e. The van der Waals surface area contributed by atoms with Crippen molar-refractivity contribution >= 4 is 21.6 Å². The summed E-state index contributed by atoms with van der Waals surface area (Å²) in [6.07, 6.45) is 0. The number of anilines is 1. The number of methoxy groups -OCH3 is 2. The molecule has 0 aliphatic rings. The van der Waals surface area contributed by atoms with E-state index in [1.165, 1.54) is 56.7 Å². The first-order chi connectivity index (χ1) is 10.9. The smallest absolute Gasteiger partial charge is 0.265 e. The van der Waals surface area contributed by atoms with Crippen LogP contribution >= 0.6 is 0 Å². The zero-order valence-corrected chi connectivity index (χ0v) is 13.4. The second kappa shape index (κ2) is 6.57. The minimum atomic E-state index is -3.86. The normalized spacial score (nSPS) is 10.9. The van der Waals surface area contributed by atoms with Gasteiger partial charge in [-0.25, -0.2) is 8.42 Å². The van der Waals surface area contributed by atoms with Gasteiger partial charge in [-0.1, -0.05) is 0 Å². The van der Waals surface area contributed by atoms with Gasteiger partial charge < -0.3 is 15.2 Å². The molecular formula is C15H16N2O5S. The first kappa shape index (κ1) is 16.6. The average molecular weight is 336 g/mol. The molecule has 2 aromatic carbocycles. The zero-order valence-electron chi connectivity index (χ0n) is 12.6. The van der Waals surface area contributed by atoms with Gasteiger partial charge in [0.15, 0.2) is 0 Å². The number of sulfonamides is 1. The number of carbonyl (C=O) groups is 1. The molecule has 0 unspecified atom stereocenters. The zero-order chi connectivity index (χ0) is 17.0. The molecule has 0 aromatic heterocycles. The van der Waals surface area contributed by atoms with Gasteiger partial charge in [-0.15, -0.1) is 0 Å². The fourth-order valence-electron chi connectivity index (χ4n) is 1.91. The number of hydrogen-bond donors (Lipinski definition) is 2. The highest BCUT2D eigenvalue weighted by Crippen LogP contribution is 2.29. The summed E-state index contributed by atoms with van der Waals surface area (Å²) in [5.41, 5.74) is 5.73. The number of primary amides is 1. The molecule has 0 fully saturated rings. The number of hydrogen-bond acceptors (Lipinski definition) is 5. The van der Waals surface area contributed by atoms with Gasteiger partial charge in [-0.05, 0) is 36.4 Å². The highest BCUT2D eigenvalue weighted by molar-refractivity contribution is 7.92. The third-order valence-corrected chi connectivity index (χ3v) is 4.50. The van der Waals surface area contributed by atoms with Crippen LogP contribution in [0.3, 0.4) is 0 Å². The van der Waals surface area contributed by atoms with Gasteiger partial charge in [0.25, 0.3) is 10.0 Å². The molecule has 0 spiro atoms. The van der Waals surface area contributed by atoms with Crippen LogP contribution in [0.5, 0.6) is 11.5 Å². The van der Waals surface area contributed by atoms with E-state index in [1.807, 2.05) is 0 Å². The molecule has 0 bridgehead atoms. The second-order valence-electron chi connectivity index (χ2n) is 4.56. The van der Waals surface area contributed by atoms with Crippen LogP contribution in [0, 0.1) is 0 Å². The molecule has 0 aliphatic heterocycles. The Bertz CT molecular complexity index is 816. The Morgan fingerprint density at radius 1 is 1.04 bits per heavy atom. The summed E-state index contributed by atoms with van der Waals surface area (Å²) in [5, 5.41) is 0. The summed E-state index contributed by atoms with van der Waals surface area (Å²) < 4.78 is 37.5. The Morgan fingerprint density at radius 2 is 1.70 bits per heavy atom. The van der Waals surface area contributed by atoms with Crippen molar-refractivity contribution < 1.29 is 22.7 Å². The quantitative estimate of drug-likeness (QED) is 0.833. The van der Waals surface area contributed by atoms with Crippen molar-refractivity contribution in [3.8, 4) is 11.5 Å². The topological polar surface area (TPSA) is 108 Å². The molecule has 0 aliphatic carbocycles. The first-order valence-corrected chi connectivity index (χ1v) is 8.00. The summed E-state index contributed by atoms with van der Waals surface area (Å²) in [4.78, 5) is 11.0. The van der Waals surface area contributed by atoms with E-state index in [9.17, 15) is 13.2 Å². The largest absolute Gasteiger partial charge is 0.497 e. The number of carbonyl (C=O) groups excluding carboxylic acids is 1. The predicted molar refractivity (Wildman–Crippen MR) is 85.3 cm³/mol. The number of ether oxygens (including phenoxy) is 2. The van der Waals surface area contributed by atoms with Crippen LogP contribution in [0.15, 0.2) is 47.4 Å². The molecule has 3 N–H and O–H groups in total. The number of benzene rings is 2. The standard InChI is InChI=1S/C15H16N2O5S/c1-21-12-7-8-14(13(9-12)22-2)23(19,20)17-11-5-3-10(4-6-11)15(16)18/h3-9,17H,1-2H3,(H2,16,18). The molecule has 0 atom stereocenters. The molecule has 0 saturated carbocycles. The Labute approximate surface area is 134 Å². The van der Waals surface area contributed by atoms with Gasteiger partial charge in [-0.2, -0.15) is 0 Å². The van der Waals surface area contributed by atoms with E-state index in [-0.39, 0.29) is 16.2 Å². The van der Waals surface area contributed by atoms with E-state index in [2.05, 4.69) is 4.72 Å². The van der Waals surface area contributed by atoms with Crippen molar-refractivity contribution in [2.45, 2.75) is 4.90 Å². The van der Waals surface area contributed by atoms with Gasteiger partial charge >= 0.3 is 0 Å². The lowest BCUT2D eigenvalue weighted by Gasteiger charge is -2.12. The average Bonchev–Trinajstić information content (AvgIpc) is 2.54. The third kappa shape index (κ3) is 3.72. The third-order valence-electron chi connectivity index (χ3n) is 3.08. The lowest BCUT2D eigenvalue weighted by molar-refractivity contribution is 0.100. The molecule has 0 saturated heterocycles. The van der Waals surface area contributed by atoms with Crippen molar-refractivity contribution in [3.05, 3.63) is 48.0 Å². The molecule has 1 amide bonds. The van der Waals surface area contributed by atoms with E-state index >= 15 is 0 Å². The van der Waals surface area contributed by atoms with Crippen LogP contribution in [0.1, 0.15) is 10.4 Å². The number of rotatable bonds is 6. The van der Waals surface area contributed by atoms with Crippen LogP contribution in [0.25, 0.3) is 0 Å². The molecule has 0 radical (unpaired) electrons. The van der Waals surface area contributed by atoms with Crippen molar-refractivity contribution in [2.75, 3.05) is 18.9 Å². The maximum atomic E-state index is 12.5. The highest BCUT2D eigenvalue weighted by atomic mass is 32.2. The van der Waals surface area contributed by atoms with Crippen molar-refractivity contribution in [1.82, 2.24) is 0 Å². The summed E-state index contributed by atoms with van der Waals surface area (Å²) in [6.45, 7) is 0. The van der Waals surface area contributed by atoms with Crippen molar-refractivity contribution in [3.63, 3.8) is 0 Å². The summed E-state index contributed by atoms with van der Waals surface area (Å²) in [7, 11) is -1.02. The van der Waals surface area contributed by atoms with Crippen molar-refractivity contribution in [2.24, 2.45) is 5.73 Å². The molecule has 122 valence electrons. The van der Waals surface area contributed by atoms with Gasteiger partial charge in [0.1, 0.15) is 16.4 Å². The minimum Gasteiger partial charge on any atom is -0.497 e. The Balaban J connectivity index is 2.33. The number of nitrogens with two attached hydrogens (primary N) is 1. The fraction of sp³-hybridized carbons (Fsp3) is 0.133. The molecule has 7 nitrogen and oxygen atoms in total. The Morgan fingerprint density at radius 3 is 2.22 bits per heavy atom. The molecule has 23 heavy (non-hydrogen) atoms. The lowest BCUT2D eigenvalue weighted by atomic mass is 10.2. The van der Waals surface area contributed by atoms with Crippen LogP contribution in [0.2, 0.25) is 0 Å². The predicted octanol–water partition coefficient (Wildman–Crippen LogP) is 1.60. The highest BCUT2D eigenvalue weighted by Gasteiger charge is 2.20. The minimum absolute atomic E-state index is 0.0280. The summed E-state index contributed by atoms with van der Waals surface area (Å²) in [5.74, 6) is 0.0495. The van der Waals surface area contributed by atoms with Gasteiger partial charge in [0.2, 0.25) is 5.91 Å². The SMILES string of the molecule is COc1ccc(S(=O)(=O)Nc2ccc(C(N)=O)cc2)c(OC)c1. The summed E-state index contributed by atoms with van der Waals surface area (Å²) >= 11 is 0. The monoisotopic (exact) mass is 336 g/mol. The van der Waals surface area contributed by atoms with Crippen LogP contribution < -0.4 is 19.9 Å². The van der Waals surface area contributed by atoms with Gasteiger partial charge in [0, 0.05) is 17.3 Å². The molecule has 2 rings (SSSR count). The molecule has 0 heterocycles. The van der Waals surface area contributed by atoms with E-state index in [1.54, 1.807) is 0 Å².